The van der Waals surface area contributed by atoms with E-state index in [9.17, 15) is 4.79 Å². The lowest BCUT2D eigenvalue weighted by Gasteiger charge is -2.19. The molecule has 0 aliphatic rings. The Kier molecular flexibility index (Phi) is 5.79. The summed E-state index contributed by atoms with van der Waals surface area (Å²) in [6.07, 6.45) is 5.11. The van der Waals surface area contributed by atoms with Crippen LogP contribution in [0.25, 0.3) is 0 Å². The summed E-state index contributed by atoms with van der Waals surface area (Å²) in [5.41, 5.74) is 2.73. The topological polar surface area (TPSA) is 33.5 Å². The second-order valence-electron chi connectivity index (χ2n) is 6.24. The van der Waals surface area contributed by atoms with Gasteiger partial charge in [0.15, 0.2) is 6.54 Å². The predicted molar refractivity (Wildman–Crippen MR) is 82.4 cm³/mol. The molecule has 2 N–H and O–H groups in total. The molecule has 20 heavy (non-hydrogen) atoms. The Hall–Kier alpha value is -1.79. The summed E-state index contributed by atoms with van der Waals surface area (Å²) in [5, 5.41) is 2.68. The third-order valence-corrected chi connectivity index (χ3v) is 3.18. The van der Waals surface area contributed by atoms with Crippen molar-refractivity contribution in [3.8, 4) is 12.3 Å². The number of nitrogens with one attached hydrogen (secondary N) is 2. The Balaban J connectivity index is 2.52. The maximum atomic E-state index is 11.6. The number of rotatable bonds is 5. The van der Waals surface area contributed by atoms with Crippen LogP contribution in [0.15, 0.2) is 24.3 Å². The number of terminal acetylenes is 1. The van der Waals surface area contributed by atoms with Crippen LogP contribution in [-0.2, 0) is 16.8 Å². The van der Waals surface area contributed by atoms with Gasteiger partial charge in [0.05, 0.1) is 13.6 Å². The standard InChI is InChI=1S/C17H24N2O/c1-6-11-18-16(20)13-19(5)12-14-7-9-15(10-8-14)17(2,3)4/h1,7-10H,11-13H2,2-5H3,(H,18,20)/p+1. The van der Waals surface area contributed by atoms with E-state index in [0.29, 0.717) is 13.1 Å². The number of carbonyl (C=O) groups excluding carboxylic acids is 1. The number of benzene rings is 1. The monoisotopic (exact) mass is 273 g/mol. The molecule has 1 atom stereocenters. The van der Waals surface area contributed by atoms with Crippen molar-refractivity contribution in [3.63, 3.8) is 0 Å². The van der Waals surface area contributed by atoms with E-state index < -0.39 is 0 Å². The van der Waals surface area contributed by atoms with Crippen LogP contribution in [0, 0.1) is 12.3 Å². The van der Waals surface area contributed by atoms with Crippen molar-refractivity contribution in [2.45, 2.75) is 32.7 Å². The van der Waals surface area contributed by atoms with E-state index in [1.54, 1.807) is 0 Å². The minimum atomic E-state index is -0.00763. The van der Waals surface area contributed by atoms with E-state index in [4.69, 9.17) is 6.42 Å². The highest BCUT2D eigenvalue weighted by Gasteiger charge is 2.14. The lowest BCUT2D eigenvalue weighted by Crippen LogP contribution is -3.08. The lowest BCUT2D eigenvalue weighted by molar-refractivity contribution is -0.885. The molecule has 1 unspecified atom stereocenters. The summed E-state index contributed by atoms with van der Waals surface area (Å²) in [7, 11) is 2.01. The normalized spacial score (nSPS) is 12.6. The van der Waals surface area contributed by atoms with Gasteiger partial charge >= 0.3 is 0 Å². The predicted octanol–water partition coefficient (Wildman–Crippen LogP) is 0.748. The van der Waals surface area contributed by atoms with Gasteiger partial charge in [-0.1, -0.05) is 51.0 Å². The third kappa shape index (κ3) is 5.46. The number of amides is 1. The van der Waals surface area contributed by atoms with Crippen molar-refractivity contribution in [1.82, 2.24) is 5.32 Å². The van der Waals surface area contributed by atoms with Gasteiger partial charge in [0.1, 0.15) is 6.54 Å². The SMILES string of the molecule is C#CCNC(=O)C[NH+](C)Cc1ccc(C(C)(C)C)cc1. The fourth-order valence-corrected chi connectivity index (χ4v) is 2.02. The summed E-state index contributed by atoms with van der Waals surface area (Å²) >= 11 is 0. The second kappa shape index (κ2) is 7.12. The third-order valence-electron chi connectivity index (χ3n) is 3.18. The number of likely N-dealkylation sites (N-methyl/N-ethyl adjacent to an activating group) is 1. The van der Waals surface area contributed by atoms with Gasteiger partial charge in [0.2, 0.25) is 0 Å². The minimum absolute atomic E-state index is 0.00763. The zero-order chi connectivity index (χ0) is 15.2. The maximum Gasteiger partial charge on any atom is 0.275 e. The molecule has 0 aromatic heterocycles. The molecule has 3 nitrogen and oxygen atoms in total. The van der Waals surface area contributed by atoms with Gasteiger partial charge in [-0.2, -0.15) is 0 Å². The van der Waals surface area contributed by atoms with Crippen LogP contribution in [0.4, 0.5) is 0 Å². The van der Waals surface area contributed by atoms with Crippen molar-refractivity contribution >= 4 is 5.91 Å². The summed E-state index contributed by atoms with van der Waals surface area (Å²) < 4.78 is 0. The van der Waals surface area contributed by atoms with Gasteiger partial charge in [0.25, 0.3) is 5.91 Å². The molecule has 0 aliphatic heterocycles. The van der Waals surface area contributed by atoms with E-state index in [1.807, 2.05) is 7.05 Å². The van der Waals surface area contributed by atoms with Crippen LogP contribution in [0.3, 0.4) is 0 Å². The minimum Gasteiger partial charge on any atom is -0.340 e. The van der Waals surface area contributed by atoms with Crippen LogP contribution >= 0.6 is 0 Å². The summed E-state index contributed by atoms with van der Waals surface area (Å²) in [6.45, 7) is 8.17. The highest BCUT2D eigenvalue weighted by Crippen LogP contribution is 2.21. The maximum absolute atomic E-state index is 11.6. The quantitative estimate of drug-likeness (QED) is 0.763. The molecular weight excluding hydrogens is 248 g/mol. The van der Waals surface area contributed by atoms with E-state index >= 15 is 0 Å². The molecule has 0 radical (unpaired) electrons. The van der Waals surface area contributed by atoms with Gasteiger partial charge in [-0.25, -0.2) is 0 Å². The van der Waals surface area contributed by atoms with Gasteiger partial charge in [-0.05, 0) is 11.0 Å². The van der Waals surface area contributed by atoms with Crippen LogP contribution < -0.4 is 10.2 Å². The van der Waals surface area contributed by atoms with Gasteiger partial charge < -0.3 is 10.2 Å². The van der Waals surface area contributed by atoms with Gasteiger partial charge in [-0.15, -0.1) is 6.42 Å². The average molecular weight is 273 g/mol. The first-order valence-corrected chi connectivity index (χ1v) is 6.94. The number of hydrogen-bond donors (Lipinski definition) is 2. The zero-order valence-electron chi connectivity index (χ0n) is 12.9. The average Bonchev–Trinajstić information content (AvgIpc) is 2.35. The van der Waals surface area contributed by atoms with Crippen LogP contribution in [0.5, 0.6) is 0 Å². The summed E-state index contributed by atoms with van der Waals surface area (Å²) in [6, 6.07) is 8.62. The molecule has 0 aliphatic carbocycles. The van der Waals surface area contributed by atoms with E-state index in [2.05, 4.69) is 56.3 Å². The molecule has 1 aromatic carbocycles. The molecule has 0 heterocycles. The summed E-state index contributed by atoms with van der Waals surface area (Å²) in [4.78, 5) is 12.7. The van der Waals surface area contributed by atoms with E-state index in [1.165, 1.54) is 11.1 Å². The lowest BCUT2D eigenvalue weighted by atomic mass is 9.87. The Morgan fingerprint density at radius 3 is 2.40 bits per heavy atom. The van der Waals surface area contributed by atoms with Crippen LogP contribution in [0.1, 0.15) is 31.9 Å². The Bertz CT molecular complexity index is 477. The molecule has 0 saturated carbocycles. The van der Waals surface area contributed by atoms with E-state index in [-0.39, 0.29) is 11.3 Å². The first kappa shape index (κ1) is 16.3. The smallest absolute Gasteiger partial charge is 0.275 e. The number of hydrogen-bond acceptors (Lipinski definition) is 1. The second-order valence-corrected chi connectivity index (χ2v) is 6.24. The molecule has 0 bridgehead atoms. The molecular formula is C17H25N2O+. The Morgan fingerprint density at radius 2 is 1.90 bits per heavy atom. The number of quaternary nitrogens is 1. The van der Waals surface area contributed by atoms with Crippen molar-refractivity contribution < 1.29 is 9.69 Å². The molecule has 1 rings (SSSR count). The van der Waals surface area contributed by atoms with Gasteiger partial charge in [0, 0.05) is 5.56 Å². The Labute approximate surface area is 122 Å². The van der Waals surface area contributed by atoms with Gasteiger partial charge in [-0.3, -0.25) is 4.79 Å². The largest absolute Gasteiger partial charge is 0.340 e. The van der Waals surface area contributed by atoms with Crippen molar-refractivity contribution in [2.24, 2.45) is 0 Å². The highest BCUT2D eigenvalue weighted by atomic mass is 16.1. The molecule has 0 spiro atoms. The fraction of sp³-hybridized carbons (Fsp3) is 0.471. The Morgan fingerprint density at radius 1 is 1.30 bits per heavy atom. The van der Waals surface area contributed by atoms with E-state index in [0.717, 1.165) is 11.4 Å². The molecule has 108 valence electrons. The number of carbonyl (C=O) groups is 1. The molecule has 1 aromatic rings. The van der Waals surface area contributed by atoms with Crippen LogP contribution in [-0.4, -0.2) is 26.0 Å². The van der Waals surface area contributed by atoms with Crippen LogP contribution in [0.2, 0.25) is 0 Å². The molecule has 3 heteroatoms. The first-order valence-electron chi connectivity index (χ1n) is 6.94. The van der Waals surface area contributed by atoms with Crippen molar-refractivity contribution in [3.05, 3.63) is 35.4 Å². The molecule has 0 fully saturated rings. The summed E-state index contributed by atoms with van der Waals surface area (Å²) in [5.74, 6) is 2.39. The highest BCUT2D eigenvalue weighted by molar-refractivity contribution is 5.77. The molecule has 1 amide bonds. The van der Waals surface area contributed by atoms with Crippen molar-refractivity contribution in [2.75, 3.05) is 20.1 Å². The fourth-order valence-electron chi connectivity index (χ4n) is 2.02. The van der Waals surface area contributed by atoms with Crippen molar-refractivity contribution in [1.29, 1.82) is 0 Å². The zero-order valence-corrected chi connectivity index (χ0v) is 12.9. The first-order chi connectivity index (χ1) is 9.32. The molecule has 0 saturated heterocycles.